The van der Waals surface area contributed by atoms with Gasteiger partial charge in [-0.3, -0.25) is 4.55 Å². The molecule has 1 aromatic heterocycles. The molecule has 1 N–H and O–H groups in total. The fraction of sp³-hybridized carbons (Fsp3) is 0.645. The molecule has 5 heteroatoms. The van der Waals surface area contributed by atoms with Crippen molar-refractivity contribution in [2.24, 2.45) is 0 Å². The Hall–Kier alpha value is -1.72. The molecule has 36 heavy (non-hydrogen) atoms. The molecule has 0 bridgehead atoms. The minimum atomic E-state index is -4.29. The quantitative estimate of drug-likeness (QED) is 0.109. The van der Waals surface area contributed by atoms with Crippen molar-refractivity contribution < 1.29 is 17.5 Å². The summed E-state index contributed by atoms with van der Waals surface area (Å²) < 4.78 is 36.8. The first-order valence-electron chi connectivity index (χ1n) is 14.5. The zero-order valence-corrected chi connectivity index (χ0v) is 23.7. The highest BCUT2D eigenvalue weighted by Gasteiger charge is 2.28. The lowest BCUT2D eigenvalue weighted by atomic mass is 9.89. The van der Waals surface area contributed by atoms with Gasteiger partial charge in [0.25, 0.3) is 10.1 Å². The number of nitrogens with zero attached hydrogens (tertiary/aromatic N) is 1. The van der Waals surface area contributed by atoms with E-state index in [0.29, 0.717) is 5.56 Å². The topological polar surface area (TPSA) is 58.3 Å². The molecule has 0 aliphatic rings. The zero-order valence-electron chi connectivity index (χ0n) is 22.8. The summed E-state index contributed by atoms with van der Waals surface area (Å²) in [5, 5.41) is 0. The summed E-state index contributed by atoms with van der Waals surface area (Å²) in [6.45, 7) is 5.43. The Balaban J connectivity index is 2.12. The van der Waals surface area contributed by atoms with Crippen LogP contribution in [0.5, 0.6) is 0 Å². The van der Waals surface area contributed by atoms with Crippen molar-refractivity contribution in [3.05, 3.63) is 59.9 Å². The number of hydrogen-bond acceptors (Lipinski definition) is 2. The van der Waals surface area contributed by atoms with E-state index in [1.165, 1.54) is 83.1 Å². The van der Waals surface area contributed by atoms with Gasteiger partial charge in [0.05, 0.1) is 10.8 Å². The van der Waals surface area contributed by atoms with Gasteiger partial charge in [-0.1, -0.05) is 122 Å². The second-order valence-electron chi connectivity index (χ2n) is 10.3. The van der Waals surface area contributed by atoms with Gasteiger partial charge in [0.2, 0.25) is 0 Å². The van der Waals surface area contributed by atoms with E-state index in [1.54, 1.807) is 6.07 Å². The van der Waals surface area contributed by atoms with Gasteiger partial charge in [-0.05, 0) is 24.5 Å². The maximum absolute atomic E-state index is 12.2. The molecule has 202 valence electrons. The first kappa shape index (κ1) is 30.5. The van der Waals surface area contributed by atoms with E-state index >= 15 is 0 Å². The molecule has 1 heterocycles. The van der Waals surface area contributed by atoms with Gasteiger partial charge in [-0.25, -0.2) is 4.57 Å². The molecule has 0 saturated carbocycles. The second-order valence-corrected chi connectivity index (χ2v) is 11.7. The van der Waals surface area contributed by atoms with Crippen LogP contribution in [0.15, 0.2) is 53.6 Å². The lowest BCUT2D eigenvalue weighted by Gasteiger charge is -2.19. The Kier molecular flexibility index (Phi) is 15.0. The number of unbranched alkanes of at least 4 members (excludes halogenated alkanes) is 13. The van der Waals surface area contributed by atoms with Gasteiger partial charge >= 0.3 is 0 Å². The summed E-state index contributed by atoms with van der Waals surface area (Å²) in [5.41, 5.74) is 1.85. The molecule has 0 aliphatic carbocycles. The average Bonchev–Trinajstić information content (AvgIpc) is 2.87. The van der Waals surface area contributed by atoms with Crippen LogP contribution in [0.2, 0.25) is 0 Å². The smallest absolute Gasteiger partial charge is 0.282 e. The van der Waals surface area contributed by atoms with Crippen molar-refractivity contribution in [3.8, 4) is 0 Å². The number of rotatable bonds is 20. The van der Waals surface area contributed by atoms with Crippen LogP contribution in [0, 0.1) is 0 Å². The van der Waals surface area contributed by atoms with E-state index in [9.17, 15) is 13.0 Å². The number of pyridine rings is 1. The molecular weight excluding hydrogens is 466 g/mol. The Morgan fingerprint density at radius 3 is 1.83 bits per heavy atom. The van der Waals surface area contributed by atoms with E-state index < -0.39 is 10.1 Å². The van der Waals surface area contributed by atoms with Crippen LogP contribution in [0.3, 0.4) is 0 Å². The Labute approximate surface area is 221 Å². The Morgan fingerprint density at radius 1 is 0.694 bits per heavy atom. The predicted octanol–water partition coefficient (Wildman–Crippen LogP) is 8.63. The fourth-order valence-corrected chi connectivity index (χ4v) is 5.96. The van der Waals surface area contributed by atoms with E-state index in [-0.39, 0.29) is 10.8 Å². The molecule has 0 spiro atoms. The molecule has 0 aliphatic heterocycles. The maximum Gasteiger partial charge on any atom is 0.294 e. The Morgan fingerprint density at radius 2 is 1.22 bits per heavy atom. The highest BCUT2D eigenvalue weighted by Crippen LogP contribution is 2.33. The van der Waals surface area contributed by atoms with Crippen LogP contribution in [-0.4, -0.2) is 13.0 Å². The second kappa shape index (κ2) is 17.7. The van der Waals surface area contributed by atoms with Gasteiger partial charge in [0.15, 0.2) is 11.9 Å². The minimum absolute atomic E-state index is 0.0425. The van der Waals surface area contributed by atoms with Crippen molar-refractivity contribution in [1.29, 1.82) is 0 Å². The van der Waals surface area contributed by atoms with E-state index in [2.05, 4.69) is 36.7 Å². The maximum atomic E-state index is 12.2. The molecule has 1 atom stereocenters. The molecule has 2 aromatic rings. The normalized spacial score (nSPS) is 12.6. The van der Waals surface area contributed by atoms with Crippen molar-refractivity contribution in [2.75, 3.05) is 0 Å². The average molecular weight is 517 g/mol. The molecule has 2 rings (SSSR count). The van der Waals surface area contributed by atoms with Gasteiger partial charge < -0.3 is 0 Å². The van der Waals surface area contributed by atoms with Crippen LogP contribution in [0.1, 0.15) is 134 Å². The van der Waals surface area contributed by atoms with E-state index in [1.807, 2.05) is 18.2 Å². The summed E-state index contributed by atoms with van der Waals surface area (Å²) in [6.07, 6.45) is 21.8. The largest absolute Gasteiger partial charge is 0.294 e. The van der Waals surface area contributed by atoms with E-state index in [0.717, 1.165) is 37.9 Å². The molecule has 0 fully saturated rings. The number of benzene rings is 1. The zero-order chi connectivity index (χ0) is 26.1. The SMILES string of the molecule is CCCCCCCCCCCC(c1ccccc1S(=O)(=O)O)c1cccc[n+]1CCCCCCCC. The predicted molar refractivity (Wildman–Crippen MR) is 150 cm³/mol. The van der Waals surface area contributed by atoms with Gasteiger partial charge in [0.1, 0.15) is 6.54 Å². The van der Waals surface area contributed by atoms with Crippen LogP contribution >= 0.6 is 0 Å². The summed E-state index contributed by atoms with van der Waals surface area (Å²) in [4.78, 5) is 0.0425. The summed E-state index contributed by atoms with van der Waals surface area (Å²) in [6, 6.07) is 13.2. The third-order valence-electron chi connectivity index (χ3n) is 7.25. The van der Waals surface area contributed by atoms with Gasteiger partial charge in [-0.2, -0.15) is 8.42 Å². The number of aromatic nitrogens is 1. The third kappa shape index (κ3) is 11.1. The molecular formula is C31H50NO3S+. The highest BCUT2D eigenvalue weighted by atomic mass is 32.2. The molecule has 1 aromatic carbocycles. The molecule has 0 amide bonds. The summed E-state index contributed by atoms with van der Waals surface area (Å²) in [7, 11) is -4.29. The molecule has 0 saturated heterocycles. The number of hydrogen-bond donors (Lipinski definition) is 1. The van der Waals surface area contributed by atoms with Crippen LogP contribution in [-0.2, 0) is 16.7 Å². The van der Waals surface area contributed by atoms with Crippen LogP contribution in [0.25, 0.3) is 0 Å². The fourth-order valence-electron chi connectivity index (χ4n) is 5.20. The lowest BCUT2D eigenvalue weighted by Crippen LogP contribution is -2.39. The highest BCUT2D eigenvalue weighted by molar-refractivity contribution is 7.85. The summed E-state index contributed by atoms with van der Waals surface area (Å²) >= 11 is 0. The third-order valence-corrected chi connectivity index (χ3v) is 8.18. The Bertz CT molecular complexity index is 958. The molecule has 4 nitrogen and oxygen atoms in total. The van der Waals surface area contributed by atoms with E-state index in [4.69, 9.17) is 0 Å². The standard InChI is InChI=1S/C31H49NO3S/c1-3-5-7-9-11-12-13-14-16-22-28(29-23-17-18-25-31(29)36(33,34)35)30-24-19-21-27-32(30)26-20-15-10-8-6-4-2/h17-19,21,23-25,27-28H,3-16,20,22,26H2,1-2H3/p+1. The van der Waals surface area contributed by atoms with Crippen molar-refractivity contribution in [3.63, 3.8) is 0 Å². The first-order chi connectivity index (χ1) is 17.5. The van der Waals surface area contributed by atoms with Crippen molar-refractivity contribution in [2.45, 2.75) is 134 Å². The lowest BCUT2D eigenvalue weighted by molar-refractivity contribution is -0.705. The van der Waals surface area contributed by atoms with Crippen LogP contribution in [0.4, 0.5) is 0 Å². The summed E-state index contributed by atoms with van der Waals surface area (Å²) in [5.74, 6) is -0.0611. The van der Waals surface area contributed by atoms with Crippen LogP contribution < -0.4 is 4.57 Å². The van der Waals surface area contributed by atoms with Gasteiger partial charge in [0, 0.05) is 18.6 Å². The molecule has 1 unspecified atom stereocenters. The van der Waals surface area contributed by atoms with Crippen molar-refractivity contribution >= 4 is 10.1 Å². The monoisotopic (exact) mass is 516 g/mol. The van der Waals surface area contributed by atoms with Gasteiger partial charge in [-0.15, -0.1) is 0 Å². The molecule has 0 radical (unpaired) electrons. The first-order valence-corrected chi connectivity index (χ1v) is 16.0. The van der Waals surface area contributed by atoms with Crippen molar-refractivity contribution in [1.82, 2.24) is 0 Å². The minimum Gasteiger partial charge on any atom is -0.282 e. The number of aryl methyl sites for hydroxylation is 1.